The van der Waals surface area contributed by atoms with E-state index in [2.05, 4.69) is 4.72 Å². The van der Waals surface area contributed by atoms with Crippen molar-refractivity contribution >= 4 is 33.0 Å². The van der Waals surface area contributed by atoms with Gasteiger partial charge in [-0.25, -0.2) is 8.42 Å². The van der Waals surface area contributed by atoms with Crippen molar-refractivity contribution in [2.24, 2.45) is 0 Å². The van der Waals surface area contributed by atoms with Gasteiger partial charge in [0, 0.05) is 9.90 Å². The second-order valence-electron chi connectivity index (χ2n) is 4.94. The van der Waals surface area contributed by atoms with Crippen LogP contribution in [0.3, 0.4) is 0 Å². The third-order valence-electron chi connectivity index (χ3n) is 3.34. The van der Waals surface area contributed by atoms with Crippen LogP contribution in [0, 0.1) is 0 Å². The fourth-order valence-electron chi connectivity index (χ4n) is 2.25. The molecule has 3 nitrogen and oxygen atoms in total. The molecule has 3 rings (SSSR count). The molecule has 0 aliphatic rings. The molecule has 6 heteroatoms. The first-order chi connectivity index (χ1) is 11.1. The minimum absolute atomic E-state index is 0.155. The highest BCUT2D eigenvalue weighted by molar-refractivity contribution is 7.89. The summed E-state index contributed by atoms with van der Waals surface area (Å²) in [6, 6.07) is 19.1. The van der Waals surface area contributed by atoms with Crippen molar-refractivity contribution in [3.8, 4) is 0 Å². The predicted molar refractivity (Wildman–Crippen MR) is 94.4 cm³/mol. The largest absolute Gasteiger partial charge is 0.241 e. The summed E-state index contributed by atoms with van der Waals surface area (Å²) >= 11 is 7.43. The average molecular weight is 364 g/mol. The van der Waals surface area contributed by atoms with Crippen molar-refractivity contribution in [2.45, 2.75) is 10.9 Å². The molecule has 0 saturated heterocycles. The quantitative estimate of drug-likeness (QED) is 0.727. The highest BCUT2D eigenvalue weighted by Crippen LogP contribution is 2.28. The number of sulfonamides is 1. The molecule has 0 saturated carbocycles. The van der Waals surface area contributed by atoms with Crippen LogP contribution in [0.15, 0.2) is 77.0 Å². The third kappa shape index (κ3) is 3.82. The number of halogens is 1. The van der Waals surface area contributed by atoms with Crippen LogP contribution in [-0.2, 0) is 10.0 Å². The summed E-state index contributed by atoms with van der Waals surface area (Å²) in [6.45, 7) is 0. The first-order valence-electron chi connectivity index (χ1n) is 6.92. The van der Waals surface area contributed by atoms with E-state index in [1.165, 1.54) is 23.5 Å². The van der Waals surface area contributed by atoms with Crippen LogP contribution in [0.1, 0.15) is 16.5 Å². The summed E-state index contributed by atoms with van der Waals surface area (Å²) in [6.07, 6.45) is 0. The van der Waals surface area contributed by atoms with Crippen LogP contribution in [-0.4, -0.2) is 8.42 Å². The maximum atomic E-state index is 12.7. The standard InChI is InChI=1S/C17H14ClNO2S2/c18-14-8-4-9-15(12-14)23(20,21)19-17(16-10-5-11-22-16)13-6-2-1-3-7-13/h1-12,17,19H. The summed E-state index contributed by atoms with van der Waals surface area (Å²) in [4.78, 5) is 1.09. The molecule has 0 amide bonds. The zero-order chi connectivity index (χ0) is 16.3. The van der Waals surface area contributed by atoms with E-state index in [-0.39, 0.29) is 4.90 Å². The van der Waals surface area contributed by atoms with E-state index in [0.717, 1.165) is 10.4 Å². The van der Waals surface area contributed by atoms with Crippen molar-refractivity contribution in [1.29, 1.82) is 0 Å². The summed E-state index contributed by atoms with van der Waals surface area (Å²) in [5, 5.41) is 2.32. The molecule has 3 aromatic rings. The molecule has 1 heterocycles. The SMILES string of the molecule is O=S(=O)(NC(c1ccccc1)c1cccs1)c1cccc(Cl)c1. The highest BCUT2D eigenvalue weighted by Gasteiger charge is 2.23. The van der Waals surface area contributed by atoms with E-state index >= 15 is 0 Å². The van der Waals surface area contributed by atoms with E-state index in [1.807, 2.05) is 47.8 Å². The molecule has 0 aliphatic carbocycles. The van der Waals surface area contributed by atoms with Crippen LogP contribution in [0.25, 0.3) is 0 Å². The van der Waals surface area contributed by atoms with Gasteiger partial charge in [-0.3, -0.25) is 0 Å². The Morgan fingerprint density at radius 1 is 0.957 bits per heavy atom. The smallest absolute Gasteiger partial charge is 0.207 e. The van der Waals surface area contributed by atoms with Crippen molar-refractivity contribution in [3.63, 3.8) is 0 Å². The molecule has 1 unspecified atom stereocenters. The molecule has 1 atom stereocenters. The predicted octanol–water partition coefficient (Wildman–Crippen LogP) is 4.47. The lowest BCUT2D eigenvalue weighted by Crippen LogP contribution is -2.29. The van der Waals surface area contributed by atoms with Crippen LogP contribution < -0.4 is 4.72 Å². The minimum atomic E-state index is -3.68. The number of hydrogen-bond acceptors (Lipinski definition) is 3. The van der Waals surface area contributed by atoms with Gasteiger partial charge in [0.15, 0.2) is 0 Å². The van der Waals surface area contributed by atoms with E-state index in [1.54, 1.807) is 12.1 Å². The van der Waals surface area contributed by atoms with Gasteiger partial charge in [0.05, 0.1) is 10.9 Å². The fourth-order valence-corrected chi connectivity index (χ4v) is 4.63. The Morgan fingerprint density at radius 2 is 1.74 bits per heavy atom. The summed E-state index contributed by atoms with van der Waals surface area (Å²) in [5.74, 6) is 0. The summed E-state index contributed by atoms with van der Waals surface area (Å²) in [7, 11) is -3.68. The second kappa shape index (κ2) is 6.84. The van der Waals surface area contributed by atoms with Crippen molar-refractivity contribution < 1.29 is 8.42 Å². The van der Waals surface area contributed by atoms with Crippen molar-refractivity contribution in [2.75, 3.05) is 0 Å². The highest BCUT2D eigenvalue weighted by atomic mass is 35.5. The monoisotopic (exact) mass is 363 g/mol. The van der Waals surface area contributed by atoms with Gasteiger partial charge < -0.3 is 0 Å². The van der Waals surface area contributed by atoms with Crippen LogP contribution in [0.5, 0.6) is 0 Å². The first-order valence-corrected chi connectivity index (χ1v) is 9.66. The molecule has 0 fully saturated rings. The minimum Gasteiger partial charge on any atom is -0.207 e. The molecule has 0 bridgehead atoms. The van der Waals surface area contributed by atoms with Crippen LogP contribution >= 0.6 is 22.9 Å². The third-order valence-corrected chi connectivity index (χ3v) is 5.93. The fraction of sp³-hybridized carbons (Fsp3) is 0.0588. The summed E-state index contributed by atoms with van der Waals surface area (Å²) in [5.41, 5.74) is 0.889. The molecular formula is C17H14ClNO2S2. The zero-order valence-electron chi connectivity index (χ0n) is 12.0. The Labute approximate surface area is 144 Å². The molecule has 0 spiro atoms. The van der Waals surface area contributed by atoms with Gasteiger partial charge in [0.25, 0.3) is 0 Å². The van der Waals surface area contributed by atoms with Crippen LogP contribution in [0.2, 0.25) is 5.02 Å². The van der Waals surface area contributed by atoms with E-state index < -0.39 is 16.1 Å². The normalized spacial score (nSPS) is 12.9. The van der Waals surface area contributed by atoms with Crippen molar-refractivity contribution in [3.05, 3.63) is 87.6 Å². The van der Waals surface area contributed by atoms with Gasteiger partial charge in [-0.15, -0.1) is 11.3 Å². The molecule has 2 aromatic carbocycles. The zero-order valence-corrected chi connectivity index (χ0v) is 14.4. The first kappa shape index (κ1) is 16.2. The summed E-state index contributed by atoms with van der Waals surface area (Å²) < 4.78 is 28.2. The van der Waals surface area contributed by atoms with Gasteiger partial charge in [-0.1, -0.05) is 54.1 Å². The van der Waals surface area contributed by atoms with Crippen molar-refractivity contribution in [1.82, 2.24) is 4.72 Å². The molecule has 0 aliphatic heterocycles. The van der Waals surface area contributed by atoms with Crippen LogP contribution in [0.4, 0.5) is 0 Å². The second-order valence-corrected chi connectivity index (χ2v) is 8.07. The van der Waals surface area contributed by atoms with Gasteiger partial charge in [-0.2, -0.15) is 4.72 Å². The lowest BCUT2D eigenvalue weighted by atomic mass is 10.1. The number of nitrogens with one attached hydrogen (secondary N) is 1. The molecule has 1 N–H and O–H groups in total. The van der Waals surface area contributed by atoms with E-state index in [0.29, 0.717) is 5.02 Å². The number of hydrogen-bond donors (Lipinski definition) is 1. The molecular weight excluding hydrogens is 350 g/mol. The van der Waals surface area contributed by atoms with Gasteiger partial charge in [0.1, 0.15) is 0 Å². The molecule has 23 heavy (non-hydrogen) atoms. The number of benzene rings is 2. The Hall–Kier alpha value is -1.66. The topological polar surface area (TPSA) is 46.2 Å². The Morgan fingerprint density at radius 3 is 2.39 bits per heavy atom. The lowest BCUT2D eigenvalue weighted by Gasteiger charge is -2.18. The van der Waals surface area contributed by atoms with E-state index in [9.17, 15) is 8.42 Å². The number of rotatable bonds is 5. The average Bonchev–Trinajstić information content (AvgIpc) is 3.08. The van der Waals surface area contributed by atoms with Gasteiger partial charge >= 0.3 is 0 Å². The Balaban J connectivity index is 1.99. The number of thiophene rings is 1. The van der Waals surface area contributed by atoms with Gasteiger partial charge in [-0.05, 0) is 35.2 Å². The maximum Gasteiger partial charge on any atom is 0.241 e. The van der Waals surface area contributed by atoms with Gasteiger partial charge in [0.2, 0.25) is 10.0 Å². The Kier molecular flexibility index (Phi) is 4.82. The molecule has 1 aromatic heterocycles. The van der Waals surface area contributed by atoms with E-state index in [4.69, 9.17) is 11.6 Å². The lowest BCUT2D eigenvalue weighted by molar-refractivity contribution is 0.573. The molecule has 118 valence electrons. The molecule has 0 radical (unpaired) electrons. The maximum absolute atomic E-state index is 12.7. The Bertz CT molecular complexity index is 878.